The van der Waals surface area contributed by atoms with Gasteiger partial charge in [-0.15, -0.1) is 0 Å². The lowest BCUT2D eigenvalue weighted by Gasteiger charge is -2.39. The normalized spacial score (nSPS) is 24.5. The molecule has 19 heavy (non-hydrogen) atoms. The van der Waals surface area contributed by atoms with Crippen molar-refractivity contribution >= 4 is 21.4 Å². The fraction of sp³-hybridized carbons (Fsp3) is 0.500. The zero-order valence-electron chi connectivity index (χ0n) is 11.0. The highest BCUT2D eigenvalue weighted by atomic mass is 32.2. The Labute approximate surface area is 113 Å². The van der Waals surface area contributed by atoms with Gasteiger partial charge in [0.2, 0.25) is 10.0 Å². The van der Waals surface area contributed by atoms with Crippen molar-refractivity contribution in [3.8, 4) is 0 Å². The Morgan fingerprint density at radius 3 is 2.68 bits per heavy atom. The third kappa shape index (κ3) is 2.83. The largest absolute Gasteiger partial charge is 0.396 e. The molecule has 1 aliphatic rings. The molecule has 1 aromatic carbocycles. The summed E-state index contributed by atoms with van der Waals surface area (Å²) in [6, 6.07) is 5.01. The van der Waals surface area contributed by atoms with Gasteiger partial charge < -0.3 is 15.4 Å². The Balaban J connectivity index is 2.45. The molecule has 1 saturated heterocycles. The maximum Gasteiger partial charge on any atom is 0.240 e. The number of rotatable bonds is 2. The number of para-hydroxylation sites is 1. The van der Waals surface area contributed by atoms with Crippen LogP contribution in [0.25, 0.3) is 0 Å². The van der Waals surface area contributed by atoms with Crippen LogP contribution in [0.15, 0.2) is 23.1 Å². The molecule has 2 rings (SSSR count). The number of morpholine rings is 1. The van der Waals surface area contributed by atoms with Gasteiger partial charge in [-0.2, -0.15) is 0 Å². The van der Waals surface area contributed by atoms with Crippen molar-refractivity contribution in [2.45, 2.75) is 30.9 Å². The van der Waals surface area contributed by atoms with Crippen LogP contribution < -0.4 is 15.8 Å². The average molecular weight is 285 g/mol. The molecule has 106 valence electrons. The van der Waals surface area contributed by atoms with E-state index in [1.807, 2.05) is 13.8 Å². The number of hydrogen-bond donors (Lipinski definition) is 2. The fourth-order valence-electron chi connectivity index (χ4n) is 2.27. The number of anilines is 2. The number of nitrogen functional groups attached to an aromatic ring is 1. The van der Waals surface area contributed by atoms with Gasteiger partial charge in [-0.25, -0.2) is 13.6 Å². The number of primary sulfonamides is 1. The second-order valence-electron chi connectivity index (χ2n) is 4.88. The minimum absolute atomic E-state index is 0.0312. The molecule has 7 heteroatoms. The lowest BCUT2D eigenvalue weighted by molar-refractivity contribution is 0.0344. The molecular formula is C12H19N3O3S. The lowest BCUT2D eigenvalue weighted by atomic mass is 10.1. The summed E-state index contributed by atoms with van der Waals surface area (Å²) in [5.41, 5.74) is 6.86. The summed E-state index contributed by atoms with van der Waals surface area (Å²) in [7, 11) is -3.81. The Bertz CT molecular complexity index is 574. The standard InChI is InChI=1S/C12H19N3O3S/c1-8-7-18-9(2)6-15(8)10-4-3-5-11(12(10)13)19(14,16)17/h3-5,8-9H,6-7,13H2,1-2H3,(H2,14,16,17). The molecule has 0 aliphatic carbocycles. The highest BCUT2D eigenvalue weighted by Gasteiger charge is 2.26. The van der Waals surface area contributed by atoms with Crippen LogP contribution in [-0.4, -0.2) is 33.7 Å². The van der Waals surface area contributed by atoms with Crippen molar-refractivity contribution in [1.29, 1.82) is 0 Å². The second kappa shape index (κ2) is 4.99. The summed E-state index contributed by atoms with van der Waals surface area (Å²) in [6.45, 7) is 5.23. The summed E-state index contributed by atoms with van der Waals surface area (Å²) >= 11 is 0. The molecule has 0 bridgehead atoms. The molecule has 0 aromatic heterocycles. The van der Waals surface area contributed by atoms with E-state index in [-0.39, 0.29) is 22.7 Å². The molecule has 0 radical (unpaired) electrons. The number of ether oxygens (including phenoxy) is 1. The monoisotopic (exact) mass is 285 g/mol. The van der Waals surface area contributed by atoms with E-state index in [9.17, 15) is 8.42 Å². The number of nitrogens with zero attached hydrogens (tertiary/aromatic N) is 1. The van der Waals surface area contributed by atoms with E-state index in [1.54, 1.807) is 12.1 Å². The molecule has 2 atom stereocenters. The van der Waals surface area contributed by atoms with Crippen LogP contribution in [-0.2, 0) is 14.8 Å². The highest BCUT2D eigenvalue weighted by molar-refractivity contribution is 7.89. The van der Waals surface area contributed by atoms with E-state index in [0.29, 0.717) is 18.8 Å². The average Bonchev–Trinajstić information content (AvgIpc) is 2.31. The van der Waals surface area contributed by atoms with E-state index in [1.165, 1.54) is 6.07 Å². The zero-order valence-corrected chi connectivity index (χ0v) is 11.9. The first-order valence-corrected chi connectivity index (χ1v) is 7.65. The summed E-state index contributed by atoms with van der Waals surface area (Å²) in [5.74, 6) is 0. The van der Waals surface area contributed by atoms with Crippen molar-refractivity contribution in [1.82, 2.24) is 0 Å². The molecule has 0 amide bonds. The first kappa shape index (κ1) is 14.1. The quantitative estimate of drug-likeness (QED) is 0.772. The van der Waals surface area contributed by atoms with Crippen LogP contribution in [0.1, 0.15) is 13.8 Å². The molecular weight excluding hydrogens is 266 g/mol. The van der Waals surface area contributed by atoms with Crippen LogP contribution >= 0.6 is 0 Å². The first-order chi connectivity index (χ1) is 8.80. The van der Waals surface area contributed by atoms with Crippen molar-refractivity contribution < 1.29 is 13.2 Å². The number of sulfonamides is 1. The molecule has 0 saturated carbocycles. The summed E-state index contributed by atoms with van der Waals surface area (Å²) in [5, 5.41) is 5.17. The van der Waals surface area contributed by atoms with E-state index in [0.717, 1.165) is 0 Å². The molecule has 1 aromatic rings. The molecule has 2 unspecified atom stereocenters. The fourth-order valence-corrected chi connectivity index (χ4v) is 2.95. The van der Waals surface area contributed by atoms with E-state index < -0.39 is 10.0 Å². The third-order valence-corrected chi connectivity index (χ3v) is 4.24. The zero-order chi connectivity index (χ0) is 14.2. The predicted octanol–water partition coefficient (Wildman–Crippen LogP) is 0.530. The number of nitrogens with two attached hydrogens (primary N) is 2. The van der Waals surface area contributed by atoms with Crippen LogP contribution in [0.4, 0.5) is 11.4 Å². The van der Waals surface area contributed by atoms with Gasteiger partial charge in [0.15, 0.2) is 0 Å². The lowest BCUT2D eigenvalue weighted by Crippen LogP contribution is -2.47. The molecule has 0 spiro atoms. The molecule has 1 fully saturated rings. The van der Waals surface area contributed by atoms with E-state index in [2.05, 4.69) is 4.90 Å². The van der Waals surface area contributed by atoms with Crippen LogP contribution in [0.5, 0.6) is 0 Å². The van der Waals surface area contributed by atoms with Crippen LogP contribution in [0, 0.1) is 0 Å². The minimum Gasteiger partial charge on any atom is -0.396 e. The van der Waals surface area contributed by atoms with Gasteiger partial charge in [0.05, 0.1) is 24.1 Å². The van der Waals surface area contributed by atoms with E-state index >= 15 is 0 Å². The van der Waals surface area contributed by atoms with Crippen LogP contribution in [0.2, 0.25) is 0 Å². The third-order valence-electron chi connectivity index (χ3n) is 3.27. The maximum atomic E-state index is 11.5. The van der Waals surface area contributed by atoms with Gasteiger partial charge >= 0.3 is 0 Å². The van der Waals surface area contributed by atoms with Crippen molar-refractivity contribution in [2.24, 2.45) is 5.14 Å². The Kier molecular flexibility index (Phi) is 3.71. The SMILES string of the molecule is CC1CN(c2cccc(S(N)(=O)=O)c2N)C(C)CO1. The summed E-state index contributed by atoms with van der Waals surface area (Å²) < 4.78 is 28.5. The van der Waals surface area contributed by atoms with Gasteiger partial charge in [0.25, 0.3) is 0 Å². The Morgan fingerprint density at radius 2 is 2.05 bits per heavy atom. The molecule has 1 heterocycles. The molecule has 1 aliphatic heterocycles. The number of benzene rings is 1. The van der Waals surface area contributed by atoms with Crippen molar-refractivity contribution in [2.75, 3.05) is 23.8 Å². The Morgan fingerprint density at radius 1 is 1.37 bits per heavy atom. The molecule has 6 nitrogen and oxygen atoms in total. The van der Waals surface area contributed by atoms with Crippen molar-refractivity contribution in [3.63, 3.8) is 0 Å². The minimum atomic E-state index is -3.81. The Hall–Kier alpha value is -1.31. The number of hydrogen-bond acceptors (Lipinski definition) is 5. The smallest absolute Gasteiger partial charge is 0.240 e. The summed E-state index contributed by atoms with van der Waals surface area (Å²) in [4.78, 5) is 2.02. The second-order valence-corrected chi connectivity index (χ2v) is 6.41. The van der Waals surface area contributed by atoms with Gasteiger partial charge in [0.1, 0.15) is 4.90 Å². The van der Waals surface area contributed by atoms with Gasteiger partial charge in [-0.05, 0) is 26.0 Å². The van der Waals surface area contributed by atoms with Crippen molar-refractivity contribution in [3.05, 3.63) is 18.2 Å². The predicted molar refractivity (Wildman–Crippen MR) is 74.4 cm³/mol. The van der Waals surface area contributed by atoms with Gasteiger partial charge in [-0.3, -0.25) is 0 Å². The van der Waals surface area contributed by atoms with Gasteiger partial charge in [-0.1, -0.05) is 6.07 Å². The summed E-state index contributed by atoms with van der Waals surface area (Å²) in [6.07, 6.45) is 0.0775. The highest BCUT2D eigenvalue weighted by Crippen LogP contribution is 2.31. The van der Waals surface area contributed by atoms with Gasteiger partial charge in [0, 0.05) is 12.6 Å². The molecule has 4 N–H and O–H groups in total. The maximum absolute atomic E-state index is 11.5. The van der Waals surface area contributed by atoms with Crippen LogP contribution in [0.3, 0.4) is 0 Å². The van der Waals surface area contributed by atoms with E-state index in [4.69, 9.17) is 15.6 Å². The topological polar surface area (TPSA) is 98.7 Å². The first-order valence-electron chi connectivity index (χ1n) is 6.10.